The molecule has 0 radical (unpaired) electrons. The van der Waals surface area contributed by atoms with Gasteiger partial charge in [0.2, 0.25) is 0 Å². The molecule has 0 aliphatic carbocycles. The maximum Gasteiger partial charge on any atom is 0.385 e. The number of rotatable bonds is 9. The van der Waals surface area contributed by atoms with Crippen molar-refractivity contribution >= 4 is 5.97 Å². The highest BCUT2D eigenvalue weighted by molar-refractivity contribution is 5.70. The van der Waals surface area contributed by atoms with Crippen molar-refractivity contribution in [1.82, 2.24) is 5.32 Å². The Kier molecular flexibility index (Phi) is 7.78. The first kappa shape index (κ1) is 21.7. The molecule has 7 heteroatoms. The predicted octanol–water partition coefficient (Wildman–Crippen LogP) is 3.07. The quantitative estimate of drug-likeness (QED) is 0.609. The van der Waals surface area contributed by atoms with E-state index in [1.165, 1.54) is 0 Å². The molecular formula is C21H26FNO5. The number of phenols is 1. The normalized spacial score (nSPS) is 13.0. The number of carbonyl (C=O) groups is 1. The van der Waals surface area contributed by atoms with Gasteiger partial charge in [-0.25, -0.2) is 4.79 Å². The number of aryl methyl sites for hydroxylation is 2. The molecule has 152 valence electrons. The number of phenolic OH excluding ortho intramolecular Hbond substituents is 1. The average Bonchev–Trinajstić information content (AvgIpc) is 2.68. The Labute approximate surface area is 163 Å². The number of aromatic hydroxyl groups is 1. The summed E-state index contributed by atoms with van der Waals surface area (Å²) >= 11 is 0. The van der Waals surface area contributed by atoms with Gasteiger partial charge >= 0.3 is 5.97 Å². The zero-order valence-electron chi connectivity index (χ0n) is 16.2. The molecule has 0 heterocycles. The van der Waals surface area contributed by atoms with Crippen LogP contribution >= 0.6 is 0 Å². The molecule has 2 rings (SSSR count). The molecular weight excluding hydrogens is 365 g/mol. The van der Waals surface area contributed by atoms with Gasteiger partial charge in [0.25, 0.3) is 0 Å². The first-order valence-corrected chi connectivity index (χ1v) is 9.06. The first-order valence-electron chi connectivity index (χ1n) is 9.06. The highest BCUT2D eigenvalue weighted by Crippen LogP contribution is 2.24. The van der Waals surface area contributed by atoms with Crippen LogP contribution in [0.5, 0.6) is 11.5 Å². The van der Waals surface area contributed by atoms with E-state index < -0.39 is 18.7 Å². The smallest absolute Gasteiger partial charge is 0.385 e. The van der Waals surface area contributed by atoms with Crippen molar-refractivity contribution in [3.63, 3.8) is 0 Å². The van der Waals surface area contributed by atoms with Gasteiger partial charge in [-0.15, -0.1) is 0 Å². The minimum atomic E-state index is -1.08. The molecule has 0 aliphatic heterocycles. The van der Waals surface area contributed by atoms with Crippen molar-refractivity contribution in [3.8, 4) is 11.5 Å². The molecule has 0 saturated heterocycles. The van der Waals surface area contributed by atoms with Crippen molar-refractivity contribution in [2.45, 2.75) is 39.3 Å². The van der Waals surface area contributed by atoms with Crippen LogP contribution in [0, 0.1) is 13.8 Å². The highest BCUT2D eigenvalue weighted by Gasteiger charge is 2.16. The van der Waals surface area contributed by atoms with E-state index in [4.69, 9.17) is 4.74 Å². The molecule has 0 aromatic heterocycles. The fraction of sp³-hybridized carbons (Fsp3) is 0.381. The minimum absolute atomic E-state index is 0.163. The fourth-order valence-electron chi connectivity index (χ4n) is 2.94. The highest BCUT2D eigenvalue weighted by atomic mass is 19.3. The molecule has 3 N–H and O–H groups in total. The number of hydrogen-bond acceptors (Lipinski definition) is 6. The van der Waals surface area contributed by atoms with Crippen LogP contribution < -0.4 is 10.1 Å². The van der Waals surface area contributed by atoms with Gasteiger partial charge in [-0.3, -0.25) is 4.94 Å². The Balaban J connectivity index is 1.90. The Hall–Kier alpha value is -2.64. The summed E-state index contributed by atoms with van der Waals surface area (Å²) in [5.41, 5.74) is 3.67. The standard InChI is InChI=1S/C21H26FNO5/c1-13-11-19(27-12-20(25)28-22)14(2)10-17(13)8-9-23-15(3)21(26)16-4-6-18(24)7-5-16/h4-7,10-11,15,21,23-24,26H,8-9,12H2,1-3H3/t15-,21-/m0/s1. The minimum Gasteiger partial charge on any atom is -0.508 e. The summed E-state index contributed by atoms with van der Waals surface area (Å²) in [6.07, 6.45) is 0.0565. The lowest BCUT2D eigenvalue weighted by molar-refractivity contribution is -0.185. The molecule has 0 bridgehead atoms. The lowest BCUT2D eigenvalue weighted by atomic mass is 10.0. The number of aliphatic hydroxyl groups excluding tert-OH is 1. The van der Waals surface area contributed by atoms with Gasteiger partial charge < -0.3 is 20.3 Å². The number of aliphatic hydroxyl groups is 1. The number of benzene rings is 2. The van der Waals surface area contributed by atoms with E-state index in [1.807, 2.05) is 32.9 Å². The first-order chi connectivity index (χ1) is 13.3. The Morgan fingerprint density at radius 3 is 2.50 bits per heavy atom. The van der Waals surface area contributed by atoms with Crippen LogP contribution in [0.4, 0.5) is 4.53 Å². The molecule has 0 spiro atoms. The molecule has 0 aliphatic rings. The number of ether oxygens (including phenoxy) is 1. The van der Waals surface area contributed by atoms with Crippen LogP contribution in [0.3, 0.4) is 0 Å². The summed E-state index contributed by atoms with van der Waals surface area (Å²) in [6, 6.07) is 10.1. The second-order valence-corrected chi connectivity index (χ2v) is 6.81. The molecule has 2 atom stereocenters. The number of halogens is 1. The van der Waals surface area contributed by atoms with Crippen molar-refractivity contribution in [2.75, 3.05) is 13.2 Å². The van der Waals surface area contributed by atoms with Gasteiger partial charge in [0, 0.05) is 10.6 Å². The van der Waals surface area contributed by atoms with Gasteiger partial charge in [0.1, 0.15) is 11.5 Å². The number of carbonyl (C=O) groups excluding carboxylic acids is 1. The summed E-state index contributed by atoms with van der Waals surface area (Å²) in [5.74, 6) is -0.404. The van der Waals surface area contributed by atoms with E-state index in [2.05, 4.69) is 10.3 Å². The van der Waals surface area contributed by atoms with E-state index >= 15 is 0 Å². The van der Waals surface area contributed by atoms with E-state index in [9.17, 15) is 19.5 Å². The van der Waals surface area contributed by atoms with Crippen molar-refractivity contribution in [1.29, 1.82) is 0 Å². The predicted molar refractivity (Wildman–Crippen MR) is 103 cm³/mol. The number of nitrogens with one attached hydrogen (secondary N) is 1. The van der Waals surface area contributed by atoms with Crippen molar-refractivity contribution in [3.05, 3.63) is 58.7 Å². The third-order valence-electron chi connectivity index (χ3n) is 4.63. The summed E-state index contributed by atoms with van der Waals surface area (Å²) in [5, 5.41) is 23.1. The molecule has 0 unspecified atom stereocenters. The monoisotopic (exact) mass is 391 g/mol. The van der Waals surface area contributed by atoms with Crippen molar-refractivity contribution < 1.29 is 29.2 Å². The van der Waals surface area contributed by atoms with Gasteiger partial charge in [-0.1, -0.05) is 18.2 Å². The molecule has 0 saturated carbocycles. The maximum absolute atomic E-state index is 11.8. The van der Waals surface area contributed by atoms with E-state index in [0.29, 0.717) is 12.3 Å². The van der Waals surface area contributed by atoms with E-state index in [0.717, 1.165) is 28.7 Å². The summed E-state index contributed by atoms with van der Waals surface area (Å²) in [7, 11) is 0. The Morgan fingerprint density at radius 1 is 1.18 bits per heavy atom. The molecule has 2 aromatic rings. The second kappa shape index (κ2) is 10.1. The van der Waals surface area contributed by atoms with Crippen LogP contribution in [0.1, 0.15) is 35.3 Å². The van der Waals surface area contributed by atoms with Gasteiger partial charge in [0.15, 0.2) is 6.61 Å². The topological polar surface area (TPSA) is 88.0 Å². The van der Waals surface area contributed by atoms with Gasteiger partial charge in [0.05, 0.1) is 6.10 Å². The van der Waals surface area contributed by atoms with Crippen LogP contribution in [-0.4, -0.2) is 35.4 Å². The van der Waals surface area contributed by atoms with Crippen LogP contribution in [0.25, 0.3) is 0 Å². The summed E-state index contributed by atoms with van der Waals surface area (Å²) in [4.78, 5) is 14.0. The van der Waals surface area contributed by atoms with E-state index in [-0.39, 0.29) is 11.8 Å². The third-order valence-corrected chi connectivity index (χ3v) is 4.63. The van der Waals surface area contributed by atoms with Gasteiger partial charge in [-0.2, -0.15) is 0 Å². The zero-order chi connectivity index (χ0) is 20.7. The summed E-state index contributed by atoms with van der Waals surface area (Å²) < 4.78 is 17.0. The van der Waals surface area contributed by atoms with Crippen LogP contribution in [0.15, 0.2) is 36.4 Å². The molecule has 0 amide bonds. The number of hydrogen-bond donors (Lipinski definition) is 3. The molecule has 28 heavy (non-hydrogen) atoms. The maximum atomic E-state index is 11.8. The second-order valence-electron chi connectivity index (χ2n) is 6.81. The van der Waals surface area contributed by atoms with E-state index in [1.54, 1.807) is 24.3 Å². The van der Waals surface area contributed by atoms with Gasteiger partial charge in [-0.05, 0) is 74.2 Å². The molecule has 0 fully saturated rings. The zero-order valence-corrected chi connectivity index (χ0v) is 16.2. The summed E-state index contributed by atoms with van der Waals surface area (Å²) in [6.45, 7) is 5.86. The lowest BCUT2D eigenvalue weighted by Crippen LogP contribution is -2.33. The molecule has 6 nitrogen and oxygen atoms in total. The van der Waals surface area contributed by atoms with Crippen LogP contribution in [-0.2, 0) is 16.2 Å². The lowest BCUT2D eigenvalue weighted by Gasteiger charge is -2.21. The largest absolute Gasteiger partial charge is 0.508 e. The fourth-order valence-corrected chi connectivity index (χ4v) is 2.94. The third kappa shape index (κ3) is 5.94. The Bertz CT molecular complexity index is 794. The van der Waals surface area contributed by atoms with Crippen molar-refractivity contribution in [2.24, 2.45) is 0 Å². The SMILES string of the molecule is Cc1cc(OCC(=O)OF)c(C)cc1CCN[C@@H](C)[C@H](O)c1ccc(O)cc1. The van der Waals surface area contributed by atoms with Crippen LogP contribution in [0.2, 0.25) is 0 Å². The average molecular weight is 391 g/mol. The Morgan fingerprint density at radius 2 is 1.86 bits per heavy atom. The molecule has 2 aromatic carbocycles.